The third-order valence-electron chi connectivity index (χ3n) is 3.04. The molecule has 0 saturated carbocycles. The fourth-order valence-electron chi connectivity index (χ4n) is 2.01. The highest BCUT2D eigenvalue weighted by molar-refractivity contribution is 8.18. The van der Waals surface area contributed by atoms with Gasteiger partial charge in [0.25, 0.3) is 5.91 Å². The summed E-state index contributed by atoms with van der Waals surface area (Å²) in [6, 6.07) is 7.65. The molecule has 22 heavy (non-hydrogen) atoms. The number of benzene rings is 1. The standard InChI is InChI=1S/C17H20N2O2S/c1-4-11-21-14-9-7-13(8-10-14)12-15-16(20)19(6-3)17(22-15)18-5-2/h4,7-10,12H,1,5-6,11H2,2-3H3/b15-12-,18-17?. The Bertz CT molecular complexity index is 606. The summed E-state index contributed by atoms with van der Waals surface area (Å²) in [4.78, 5) is 19.1. The lowest BCUT2D eigenvalue weighted by Gasteiger charge is -2.11. The highest BCUT2D eigenvalue weighted by Crippen LogP contribution is 2.32. The van der Waals surface area contributed by atoms with Gasteiger partial charge in [-0.2, -0.15) is 0 Å². The molecular weight excluding hydrogens is 296 g/mol. The molecule has 0 atom stereocenters. The number of nitrogens with zero attached hydrogens (tertiary/aromatic N) is 2. The lowest BCUT2D eigenvalue weighted by molar-refractivity contribution is -0.122. The maximum Gasteiger partial charge on any atom is 0.266 e. The lowest BCUT2D eigenvalue weighted by Crippen LogP contribution is -2.28. The van der Waals surface area contributed by atoms with Gasteiger partial charge in [-0.25, -0.2) is 0 Å². The first-order chi connectivity index (χ1) is 10.7. The molecule has 0 aliphatic carbocycles. The second kappa shape index (κ2) is 7.84. The van der Waals surface area contributed by atoms with Gasteiger partial charge >= 0.3 is 0 Å². The molecular formula is C17H20N2O2S. The van der Waals surface area contributed by atoms with Crippen LogP contribution >= 0.6 is 11.8 Å². The fourth-order valence-corrected chi connectivity index (χ4v) is 3.11. The Labute approximate surface area is 135 Å². The summed E-state index contributed by atoms with van der Waals surface area (Å²) >= 11 is 1.43. The number of amidine groups is 1. The van der Waals surface area contributed by atoms with E-state index in [1.165, 1.54) is 11.8 Å². The second-order valence-corrected chi connectivity index (χ2v) is 5.59. The topological polar surface area (TPSA) is 41.9 Å². The van der Waals surface area contributed by atoms with Gasteiger partial charge in [0.05, 0.1) is 4.91 Å². The third kappa shape index (κ3) is 3.80. The van der Waals surface area contributed by atoms with Gasteiger partial charge in [0, 0.05) is 13.1 Å². The quantitative estimate of drug-likeness (QED) is 0.595. The number of rotatable bonds is 6. The third-order valence-corrected chi connectivity index (χ3v) is 4.09. The minimum atomic E-state index is 0.0201. The molecule has 4 nitrogen and oxygen atoms in total. The summed E-state index contributed by atoms with van der Waals surface area (Å²) in [5, 5.41) is 0.784. The maximum absolute atomic E-state index is 12.4. The van der Waals surface area contributed by atoms with Gasteiger partial charge in [0.1, 0.15) is 12.4 Å². The number of carbonyl (C=O) groups excluding carboxylic acids is 1. The summed E-state index contributed by atoms with van der Waals surface area (Å²) in [7, 11) is 0. The maximum atomic E-state index is 12.4. The molecule has 0 bridgehead atoms. The van der Waals surface area contributed by atoms with Crippen molar-refractivity contribution in [1.82, 2.24) is 4.90 Å². The average Bonchev–Trinajstić information content (AvgIpc) is 2.82. The first kappa shape index (κ1) is 16.4. The molecule has 2 rings (SSSR count). The molecule has 1 aromatic rings. The summed E-state index contributed by atoms with van der Waals surface area (Å²) in [6.07, 6.45) is 3.60. The molecule has 1 aliphatic rings. The number of likely N-dealkylation sites (N-methyl/N-ethyl adjacent to an activating group) is 1. The predicted octanol–water partition coefficient (Wildman–Crippen LogP) is 3.56. The smallest absolute Gasteiger partial charge is 0.266 e. The van der Waals surface area contributed by atoms with Crippen LogP contribution in [0.25, 0.3) is 6.08 Å². The first-order valence-electron chi connectivity index (χ1n) is 7.29. The minimum Gasteiger partial charge on any atom is -0.490 e. The van der Waals surface area contributed by atoms with Gasteiger partial charge < -0.3 is 4.74 Å². The number of thioether (sulfide) groups is 1. The molecule has 1 saturated heterocycles. The highest BCUT2D eigenvalue weighted by atomic mass is 32.2. The first-order valence-corrected chi connectivity index (χ1v) is 8.10. The molecule has 0 N–H and O–H groups in total. The van der Waals surface area contributed by atoms with E-state index in [0.717, 1.165) is 16.5 Å². The Morgan fingerprint density at radius 3 is 2.64 bits per heavy atom. The monoisotopic (exact) mass is 316 g/mol. The highest BCUT2D eigenvalue weighted by Gasteiger charge is 2.31. The normalized spacial score (nSPS) is 18.3. The van der Waals surface area contributed by atoms with Crippen molar-refractivity contribution < 1.29 is 9.53 Å². The van der Waals surface area contributed by atoms with Crippen LogP contribution in [0.5, 0.6) is 5.75 Å². The lowest BCUT2D eigenvalue weighted by atomic mass is 10.2. The Hall–Kier alpha value is -2.01. The SMILES string of the molecule is C=CCOc1ccc(/C=C2\SC(=NCC)N(CC)C2=O)cc1. The van der Waals surface area contributed by atoms with E-state index in [9.17, 15) is 4.79 Å². The second-order valence-electron chi connectivity index (χ2n) is 4.59. The van der Waals surface area contributed by atoms with E-state index in [2.05, 4.69) is 11.6 Å². The number of ether oxygens (including phenoxy) is 1. The zero-order valence-electron chi connectivity index (χ0n) is 12.9. The molecule has 1 amide bonds. The van der Waals surface area contributed by atoms with E-state index >= 15 is 0 Å². The number of aliphatic imine (C=N–C) groups is 1. The van der Waals surface area contributed by atoms with Crippen molar-refractivity contribution in [3.63, 3.8) is 0 Å². The Morgan fingerprint density at radius 2 is 2.05 bits per heavy atom. The molecule has 1 aliphatic heterocycles. The van der Waals surface area contributed by atoms with Gasteiger partial charge in [-0.1, -0.05) is 24.8 Å². The number of carbonyl (C=O) groups is 1. The van der Waals surface area contributed by atoms with Crippen LogP contribution < -0.4 is 4.74 Å². The summed E-state index contributed by atoms with van der Waals surface area (Å²) in [5.74, 6) is 0.808. The van der Waals surface area contributed by atoms with Crippen LogP contribution in [0.2, 0.25) is 0 Å². The van der Waals surface area contributed by atoms with E-state index in [4.69, 9.17) is 4.74 Å². The zero-order valence-corrected chi connectivity index (χ0v) is 13.7. The van der Waals surface area contributed by atoms with Crippen molar-refractivity contribution in [2.24, 2.45) is 4.99 Å². The van der Waals surface area contributed by atoms with E-state index in [0.29, 0.717) is 24.6 Å². The van der Waals surface area contributed by atoms with Gasteiger partial charge in [0.15, 0.2) is 5.17 Å². The minimum absolute atomic E-state index is 0.0201. The van der Waals surface area contributed by atoms with Gasteiger partial charge in [-0.15, -0.1) is 0 Å². The van der Waals surface area contributed by atoms with Crippen LogP contribution in [0.1, 0.15) is 19.4 Å². The van der Waals surface area contributed by atoms with Crippen LogP contribution in [-0.2, 0) is 4.79 Å². The van der Waals surface area contributed by atoms with Gasteiger partial charge in [0.2, 0.25) is 0 Å². The number of amides is 1. The van der Waals surface area contributed by atoms with E-state index in [-0.39, 0.29) is 5.91 Å². The molecule has 0 spiro atoms. The van der Waals surface area contributed by atoms with E-state index in [1.807, 2.05) is 44.2 Å². The summed E-state index contributed by atoms with van der Waals surface area (Å²) < 4.78 is 5.45. The predicted molar refractivity (Wildman–Crippen MR) is 93.1 cm³/mol. The molecule has 1 heterocycles. The molecule has 0 unspecified atom stereocenters. The zero-order chi connectivity index (χ0) is 15.9. The summed E-state index contributed by atoms with van der Waals surface area (Å²) in [6.45, 7) is 9.34. The van der Waals surface area contributed by atoms with Crippen molar-refractivity contribution in [2.45, 2.75) is 13.8 Å². The Morgan fingerprint density at radius 1 is 1.32 bits per heavy atom. The number of hydrogen-bond donors (Lipinski definition) is 0. The van der Waals surface area contributed by atoms with E-state index < -0.39 is 0 Å². The molecule has 0 aromatic heterocycles. The van der Waals surface area contributed by atoms with E-state index in [1.54, 1.807) is 11.0 Å². The molecule has 116 valence electrons. The van der Waals surface area contributed by atoms with Gasteiger partial charge in [-0.3, -0.25) is 14.7 Å². The molecule has 1 aromatic carbocycles. The van der Waals surface area contributed by atoms with Crippen LogP contribution in [0, 0.1) is 0 Å². The Kier molecular flexibility index (Phi) is 5.83. The molecule has 1 fully saturated rings. The fraction of sp³-hybridized carbons (Fsp3) is 0.294. The molecule has 0 radical (unpaired) electrons. The van der Waals surface area contributed by atoms with Crippen molar-refractivity contribution >= 4 is 28.9 Å². The average molecular weight is 316 g/mol. The van der Waals surface area contributed by atoms with Crippen molar-refractivity contribution in [3.8, 4) is 5.75 Å². The number of hydrogen-bond acceptors (Lipinski definition) is 4. The van der Waals surface area contributed by atoms with Crippen molar-refractivity contribution in [2.75, 3.05) is 19.7 Å². The largest absolute Gasteiger partial charge is 0.490 e. The van der Waals surface area contributed by atoms with Crippen LogP contribution in [-0.4, -0.2) is 35.7 Å². The Balaban J connectivity index is 2.17. The molecule has 5 heteroatoms. The van der Waals surface area contributed by atoms with Gasteiger partial charge in [-0.05, 0) is 49.4 Å². The van der Waals surface area contributed by atoms with Crippen LogP contribution in [0.4, 0.5) is 0 Å². The van der Waals surface area contributed by atoms with Crippen LogP contribution in [0.3, 0.4) is 0 Å². The van der Waals surface area contributed by atoms with Crippen molar-refractivity contribution in [3.05, 3.63) is 47.4 Å². The summed E-state index contributed by atoms with van der Waals surface area (Å²) in [5.41, 5.74) is 0.968. The van der Waals surface area contributed by atoms with Crippen LogP contribution in [0.15, 0.2) is 46.8 Å². The van der Waals surface area contributed by atoms with Crippen molar-refractivity contribution in [1.29, 1.82) is 0 Å².